The molecule has 1 N–H and O–H groups in total. The Morgan fingerprint density at radius 1 is 0.949 bits per heavy atom. The van der Waals surface area contributed by atoms with Crippen LogP contribution in [0.15, 0.2) is 81.0 Å². The number of nitrogens with one attached hydrogen (secondary N) is 1. The van der Waals surface area contributed by atoms with E-state index in [0.717, 1.165) is 33.6 Å². The van der Waals surface area contributed by atoms with E-state index in [4.69, 9.17) is 4.74 Å². The van der Waals surface area contributed by atoms with Gasteiger partial charge in [-0.1, -0.05) is 40.0 Å². The summed E-state index contributed by atoms with van der Waals surface area (Å²) in [5.41, 5.74) is 1.41. The second kappa shape index (κ2) is 12.1. The number of amides is 1. The number of hydrogen-bond donors (Lipinski definition) is 1. The van der Waals surface area contributed by atoms with Crippen LogP contribution in [0.1, 0.15) is 24.8 Å². The minimum absolute atomic E-state index is 0.0446. The summed E-state index contributed by atoms with van der Waals surface area (Å²) in [6.07, 6.45) is 2.53. The van der Waals surface area contributed by atoms with Crippen molar-refractivity contribution in [2.45, 2.75) is 36.0 Å². The molecule has 0 radical (unpaired) electrons. The number of aryl methyl sites for hydroxylation is 1. The number of carbonyl (C=O) groups is 1. The number of sulfonamides is 2. The van der Waals surface area contributed by atoms with Crippen molar-refractivity contribution >= 4 is 53.3 Å². The van der Waals surface area contributed by atoms with Gasteiger partial charge in [0.05, 0.1) is 17.7 Å². The lowest BCUT2D eigenvalue weighted by Gasteiger charge is -2.27. The van der Waals surface area contributed by atoms with Crippen LogP contribution in [0.2, 0.25) is 0 Å². The summed E-state index contributed by atoms with van der Waals surface area (Å²) in [5.74, 6) is -0.475. The van der Waals surface area contributed by atoms with E-state index in [-0.39, 0.29) is 21.2 Å². The van der Waals surface area contributed by atoms with E-state index in [2.05, 4.69) is 21.2 Å². The second-order valence-electron chi connectivity index (χ2n) is 9.18. The minimum atomic E-state index is -4.09. The van der Waals surface area contributed by atoms with Gasteiger partial charge in [-0.3, -0.25) is 9.10 Å². The standard InChI is InChI=1S/C27H30BrN3O6S2/c1-20-6-13-24(14-7-20)38(33,34)31(23-11-8-21(28)9-12-23)19-27(32)29-22-10-15-25(37-2)26(18-22)39(35,36)30-16-4-3-5-17-30/h6-15,18H,3-5,16-17,19H2,1-2H3,(H,29,32). The Balaban J connectivity index is 1.63. The first-order valence-electron chi connectivity index (χ1n) is 12.4. The molecule has 0 bridgehead atoms. The van der Waals surface area contributed by atoms with Gasteiger partial charge in [-0.2, -0.15) is 4.31 Å². The first kappa shape index (κ1) is 29.1. The number of carbonyl (C=O) groups excluding carboxylic acids is 1. The number of halogens is 1. The highest BCUT2D eigenvalue weighted by molar-refractivity contribution is 9.10. The largest absolute Gasteiger partial charge is 0.495 e. The van der Waals surface area contributed by atoms with Crippen LogP contribution in [-0.4, -0.2) is 53.8 Å². The number of methoxy groups -OCH3 is 1. The molecule has 39 heavy (non-hydrogen) atoms. The molecule has 0 aliphatic carbocycles. The molecule has 3 aromatic carbocycles. The fourth-order valence-electron chi connectivity index (χ4n) is 4.29. The van der Waals surface area contributed by atoms with E-state index < -0.39 is 32.5 Å². The zero-order valence-electron chi connectivity index (χ0n) is 21.6. The second-order valence-corrected chi connectivity index (χ2v) is 13.9. The molecule has 1 amide bonds. The lowest BCUT2D eigenvalue weighted by molar-refractivity contribution is -0.114. The molecule has 0 spiro atoms. The monoisotopic (exact) mass is 635 g/mol. The van der Waals surface area contributed by atoms with Crippen molar-refractivity contribution in [3.63, 3.8) is 0 Å². The number of hydrogen-bond acceptors (Lipinski definition) is 6. The van der Waals surface area contributed by atoms with E-state index in [1.54, 1.807) is 36.4 Å². The van der Waals surface area contributed by atoms with Crippen LogP contribution >= 0.6 is 15.9 Å². The molecule has 9 nitrogen and oxygen atoms in total. The molecule has 0 aromatic heterocycles. The van der Waals surface area contributed by atoms with Crippen LogP contribution in [0.4, 0.5) is 11.4 Å². The summed E-state index contributed by atoms with van der Waals surface area (Å²) < 4.78 is 62.4. The highest BCUT2D eigenvalue weighted by Crippen LogP contribution is 2.31. The smallest absolute Gasteiger partial charge is 0.264 e. The highest BCUT2D eigenvalue weighted by atomic mass is 79.9. The Morgan fingerprint density at radius 3 is 2.21 bits per heavy atom. The van der Waals surface area contributed by atoms with E-state index in [9.17, 15) is 21.6 Å². The number of piperidine rings is 1. The van der Waals surface area contributed by atoms with Crippen LogP contribution in [0.3, 0.4) is 0 Å². The average molecular weight is 637 g/mol. The third-order valence-electron chi connectivity index (χ3n) is 6.39. The molecule has 1 saturated heterocycles. The van der Waals surface area contributed by atoms with Gasteiger partial charge in [-0.05, 0) is 74.4 Å². The number of ether oxygens (including phenoxy) is 1. The van der Waals surface area contributed by atoms with Gasteiger partial charge in [0, 0.05) is 23.2 Å². The van der Waals surface area contributed by atoms with Crippen LogP contribution in [0, 0.1) is 6.92 Å². The molecule has 208 valence electrons. The van der Waals surface area contributed by atoms with Crippen LogP contribution in [-0.2, 0) is 24.8 Å². The molecule has 1 aliphatic heterocycles. The normalized spacial score (nSPS) is 14.5. The zero-order valence-corrected chi connectivity index (χ0v) is 24.9. The highest BCUT2D eigenvalue weighted by Gasteiger charge is 2.30. The SMILES string of the molecule is COc1ccc(NC(=O)CN(c2ccc(Br)cc2)S(=O)(=O)c2ccc(C)cc2)cc1S(=O)(=O)N1CCCCC1. The molecule has 12 heteroatoms. The lowest BCUT2D eigenvalue weighted by Crippen LogP contribution is -2.38. The Kier molecular flexibility index (Phi) is 9.00. The van der Waals surface area contributed by atoms with Crippen molar-refractivity contribution in [3.8, 4) is 5.75 Å². The van der Waals surface area contributed by atoms with E-state index in [0.29, 0.717) is 18.8 Å². The van der Waals surface area contributed by atoms with Gasteiger partial charge in [-0.25, -0.2) is 16.8 Å². The van der Waals surface area contributed by atoms with Crippen LogP contribution in [0.25, 0.3) is 0 Å². The van der Waals surface area contributed by atoms with Gasteiger partial charge < -0.3 is 10.1 Å². The Morgan fingerprint density at radius 2 is 1.59 bits per heavy atom. The van der Waals surface area contributed by atoms with Gasteiger partial charge in [0.2, 0.25) is 15.9 Å². The first-order chi connectivity index (χ1) is 18.5. The van der Waals surface area contributed by atoms with E-state index in [1.807, 2.05) is 6.92 Å². The maximum absolute atomic E-state index is 13.6. The fraction of sp³-hybridized carbons (Fsp3) is 0.296. The van der Waals surface area contributed by atoms with Gasteiger partial charge in [0.25, 0.3) is 10.0 Å². The zero-order chi connectivity index (χ0) is 28.2. The number of benzene rings is 3. The topological polar surface area (TPSA) is 113 Å². The quantitative estimate of drug-likeness (QED) is 0.362. The number of nitrogens with zero attached hydrogens (tertiary/aromatic N) is 2. The van der Waals surface area contributed by atoms with Crippen molar-refractivity contribution in [2.75, 3.05) is 36.4 Å². The van der Waals surface area contributed by atoms with Gasteiger partial charge in [0.15, 0.2) is 0 Å². The molecule has 1 aliphatic rings. The Labute approximate surface area is 238 Å². The first-order valence-corrected chi connectivity index (χ1v) is 16.0. The maximum atomic E-state index is 13.6. The molecule has 0 unspecified atom stereocenters. The molecule has 3 aromatic rings. The van der Waals surface area contributed by atoms with Crippen LogP contribution in [0.5, 0.6) is 5.75 Å². The van der Waals surface area contributed by atoms with Crippen molar-refractivity contribution in [1.29, 1.82) is 0 Å². The predicted molar refractivity (Wildman–Crippen MR) is 154 cm³/mol. The van der Waals surface area contributed by atoms with Gasteiger partial charge in [0.1, 0.15) is 17.2 Å². The summed E-state index contributed by atoms with van der Waals surface area (Å²) in [7, 11) is -6.56. The maximum Gasteiger partial charge on any atom is 0.264 e. The summed E-state index contributed by atoms with van der Waals surface area (Å²) in [4.78, 5) is 13.2. The third kappa shape index (κ3) is 6.63. The van der Waals surface area contributed by atoms with E-state index >= 15 is 0 Å². The molecule has 0 atom stereocenters. The van der Waals surface area contributed by atoms with Gasteiger partial charge in [-0.15, -0.1) is 0 Å². The van der Waals surface area contributed by atoms with Crippen molar-refractivity contribution in [3.05, 3.63) is 76.8 Å². The summed E-state index contributed by atoms with van der Waals surface area (Å²) >= 11 is 3.35. The van der Waals surface area contributed by atoms with E-state index in [1.165, 1.54) is 41.7 Å². The molecule has 1 fully saturated rings. The minimum Gasteiger partial charge on any atom is -0.495 e. The van der Waals surface area contributed by atoms with Crippen molar-refractivity contribution in [1.82, 2.24) is 4.31 Å². The molecular formula is C27H30BrN3O6S2. The molecule has 4 rings (SSSR count). The summed E-state index contributed by atoms with van der Waals surface area (Å²) in [5, 5.41) is 2.66. The fourth-order valence-corrected chi connectivity index (χ4v) is 7.68. The van der Waals surface area contributed by atoms with Crippen LogP contribution < -0.4 is 14.4 Å². The van der Waals surface area contributed by atoms with Gasteiger partial charge >= 0.3 is 0 Å². The van der Waals surface area contributed by atoms with Crippen molar-refractivity contribution in [2.24, 2.45) is 0 Å². The summed E-state index contributed by atoms with van der Waals surface area (Å²) in [6, 6.07) is 17.3. The Bertz CT molecular complexity index is 1540. The number of rotatable bonds is 9. The molecule has 1 heterocycles. The Hall–Kier alpha value is -2.93. The molecule has 0 saturated carbocycles. The lowest BCUT2D eigenvalue weighted by atomic mass is 10.2. The third-order valence-corrected chi connectivity index (χ3v) is 10.6. The number of anilines is 2. The summed E-state index contributed by atoms with van der Waals surface area (Å²) in [6.45, 7) is 2.16. The predicted octanol–water partition coefficient (Wildman–Crippen LogP) is 4.77. The molecular weight excluding hydrogens is 606 g/mol. The average Bonchev–Trinajstić information content (AvgIpc) is 2.93. The van der Waals surface area contributed by atoms with Crippen molar-refractivity contribution < 1.29 is 26.4 Å².